The molecule has 7 heteroatoms. The van der Waals surface area contributed by atoms with Crippen LogP contribution in [0.4, 0.5) is 5.82 Å². The molecule has 25 heavy (non-hydrogen) atoms. The molecular formula is C18H22N4O3. The van der Waals surface area contributed by atoms with Crippen molar-refractivity contribution < 1.29 is 9.53 Å². The number of carbonyl (C=O) groups excluding carboxylic acids is 1. The minimum absolute atomic E-state index is 0.0294. The lowest BCUT2D eigenvalue weighted by molar-refractivity contribution is 0.0928. The standard InChI is InChI=1S/C18H22N4O3/c1-25-12-13-5-2-3-7-15(13)17(23)21-14-6-4-10-22(11-14)16-18(24)20-9-8-19-16/h2-3,5,7-9,14H,4,6,10-12H2,1H3,(H,20,24)(H,21,23)/t14-/m1/s1. The molecule has 2 heterocycles. The summed E-state index contributed by atoms with van der Waals surface area (Å²) in [6, 6.07) is 7.39. The van der Waals surface area contributed by atoms with E-state index in [1.54, 1.807) is 19.4 Å². The first-order valence-electron chi connectivity index (χ1n) is 8.35. The Labute approximate surface area is 146 Å². The van der Waals surface area contributed by atoms with Gasteiger partial charge in [-0.2, -0.15) is 0 Å². The lowest BCUT2D eigenvalue weighted by Crippen LogP contribution is -2.49. The number of nitrogens with zero attached hydrogens (tertiary/aromatic N) is 2. The zero-order valence-electron chi connectivity index (χ0n) is 14.2. The van der Waals surface area contributed by atoms with Gasteiger partial charge in [-0.1, -0.05) is 18.2 Å². The number of aromatic amines is 1. The summed E-state index contributed by atoms with van der Waals surface area (Å²) in [5, 5.41) is 3.08. The van der Waals surface area contributed by atoms with Crippen molar-refractivity contribution in [2.45, 2.75) is 25.5 Å². The maximum absolute atomic E-state index is 12.6. The highest BCUT2D eigenvalue weighted by Crippen LogP contribution is 2.16. The van der Waals surface area contributed by atoms with Crippen molar-refractivity contribution in [2.24, 2.45) is 0 Å². The third-order valence-electron chi connectivity index (χ3n) is 4.31. The molecule has 0 unspecified atom stereocenters. The number of hydrogen-bond donors (Lipinski definition) is 2. The van der Waals surface area contributed by atoms with Crippen LogP contribution >= 0.6 is 0 Å². The summed E-state index contributed by atoms with van der Waals surface area (Å²) in [6.45, 7) is 1.72. The molecule has 1 fully saturated rings. The Kier molecular flexibility index (Phi) is 5.45. The predicted octanol–water partition coefficient (Wildman–Crippen LogP) is 1.32. The molecule has 1 atom stereocenters. The number of benzene rings is 1. The molecule has 132 valence electrons. The van der Waals surface area contributed by atoms with Gasteiger partial charge in [0, 0.05) is 44.2 Å². The molecule has 2 aromatic rings. The zero-order chi connectivity index (χ0) is 17.6. The van der Waals surface area contributed by atoms with Crippen molar-refractivity contribution in [3.8, 4) is 0 Å². The molecule has 1 aromatic heterocycles. The van der Waals surface area contributed by atoms with Gasteiger partial charge in [0.25, 0.3) is 11.5 Å². The normalized spacial score (nSPS) is 17.3. The van der Waals surface area contributed by atoms with Crippen LogP contribution in [0.1, 0.15) is 28.8 Å². The van der Waals surface area contributed by atoms with Gasteiger partial charge in [0.1, 0.15) is 0 Å². The highest BCUT2D eigenvalue weighted by atomic mass is 16.5. The van der Waals surface area contributed by atoms with Gasteiger partial charge in [-0.15, -0.1) is 0 Å². The Bertz CT molecular complexity index is 790. The van der Waals surface area contributed by atoms with Crippen LogP contribution in [0.2, 0.25) is 0 Å². The summed E-state index contributed by atoms with van der Waals surface area (Å²) in [5.74, 6) is 0.288. The van der Waals surface area contributed by atoms with Crippen molar-refractivity contribution in [3.05, 3.63) is 58.1 Å². The molecule has 1 aromatic carbocycles. The number of amides is 1. The number of aromatic nitrogens is 2. The van der Waals surface area contributed by atoms with Gasteiger partial charge in [0.15, 0.2) is 5.82 Å². The predicted molar refractivity (Wildman–Crippen MR) is 94.7 cm³/mol. The molecule has 1 aliphatic heterocycles. The molecule has 3 rings (SSSR count). The van der Waals surface area contributed by atoms with E-state index in [-0.39, 0.29) is 17.5 Å². The summed E-state index contributed by atoms with van der Waals surface area (Å²) < 4.78 is 5.16. The Morgan fingerprint density at radius 2 is 2.28 bits per heavy atom. The van der Waals surface area contributed by atoms with Gasteiger partial charge in [0.2, 0.25) is 0 Å². The van der Waals surface area contributed by atoms with Crippen LogP contribution in [0.15, 0.2) is 41.5 Å². The highest BCUT2D eigenvalue weighted by Gasteiger charge is 2.24. The Morgan fingerprint density at radius 3 is 3.08 bits per heavy atom. The Morgan fingerprint density at radius 1 is 1.44 bits per heavy atom. The number of H-pyrrole nitrogens is 1. The van der Waals surface area contributed by atoms with Gasteiger partial charge >= 0.3 is 0 Å². The first-order valence-corrected chi connectivity index (χ1v) is 8.35. The van der Waals surface area contributed by atoms with Crippen LogP contribution in [0.25, 0.3) is 0 Å². The first kappa shape index (κ1) is 17.2. The van der Waals surface area contributed by atoms with Gasteiger partial charge in [0.05, 0.1) is 6.61 Å². The van der Waals surface area contributed by atoms with Crippen molar-refractivity contribution in [1.82, 2.24) is 15.3 Å². The van der Waals surface area contributed by atoms with E-state index in [4.69, 9.17) is 4.74 Å². The molecule has 0 aliphatic carbocycles. The fourth-order valence-electron chi connectivity index (χ4n) is 3.14. The van der Waals surface area contributed by atoms with E-state index >= 15 is 0 Å². The van der Waals surface area contributed by atoms with E-state index in [0.29, 0.717) is 24.5 Å². The summed E-state index contributed by atoms with van der Waals surface area (Å²) in [5.41, 5.74) is 1.27. The van der Waals surface area contributed by atoms with Crippen molar-refractivity contribution in [2.75, 3.05) is 25.1 Å². The smallest absolute Gasteiger partial charge is 0.290 e. The van der Waals surface area contributed by atoms with E-state index in [1.807, 2.05) is 23.1 Å². The topological polar surface area (TPSA) is 87.3 Å². The summed E-state index contributed by atoms with van der Waals surface area (Å²) >= 11 is 0. The third-order valence-corrected chi connectivity index (χ3v) is 4.31. The molecule has 1 aliphatic rings. The number of carbonyl (C=O) groups is 1. The average molecular weight is 342 g/mol. The molecule has 0 radical (unpaired) electrons. The maximum Gasteiger partial charge on any atom is 0.290 e. The van der Waals surface area contributed by atoms with Gasteiger partial charge in [-0.05, 0) is 24.5 Å². The lowest BCUT2D eigenvalue weighted by atomic mass is 10.0. The van der Waals surface area contributed by atoms with Gasteiger partial charge in [-0.25, -0.2) is 4.98 Å². The fourth-order valence-corrected chi connectivity index (χ4v) is 3.14. The second-order valence-electron chi connectivity index (χ2n) is 6.09. The van der Waals surface area contributed by atoms with E-state index in [2.05, 4.69) is 15.3 Å². The third kappa shape index (κ3) is 4.06. The van der Waals surface area contributed by atoms with Crippen LogP contribution in [-0.2, 0) is 11.3 Å². The van der Waals surface area contributed by atoms with Crippen LogP contribution in [0, 0.1) is 0 Å². The Balaban J connectivity index is 1.70. The average Bonchev–Trinajstić information content (AvgIpc) is 2.63. The number of methoxy groups -OCH3 is 1. The quantitative estimate of drug-likeness (QED) is 0.856. The first-order chi connectivity index (χ1) is 12.2. The second-order valence-corrected chi connectivity index (χ2v) is 6.09. The molecule has 7 nitrogen and oxygen atoms in total. The summed E-state index contributed by atoms with van der Waals surface area (Å²) in [6.07, 6.45) is 4.85. The van der Waals surface area contributed by atoms with Gasteiger partial charge < -0.3 is 19.9 Å². The van der Waals surface area contributed by atoms with Crippen LogP contribution in [-0.4, -0.2) is 42.1 Å². The minimum atomic E-state index is -0.208. The minimum Gasteiger partial charge on any atom is -0.380 e. The van der Waals surface area contributed by atoms with Gasteiger partial charge in [-0.3, -0.25) is 9.59 Å². The van der Waals surface area contributed by atoms with Crippen molar-refractivity contribution in [1.29, 1.82) is 0 Å². The molecular weight excluding hydrogens is 320 g/mol. The largest absolute Gasteiger partial charge is 0.380 e. The van der Waals surface area contributed by atoms with Crippen LogP contribution < -0.4 is 15.8 Å². The fraction of sp³-hybridized carbons (Fsp3) is 0.389. The van der Waals surface area contributed by atoms with E-state index in [9.17, 15) is 9.59 Å². The van der Waals surface area contributed by atoms with E-state index in [1.165, 1.54) is 6.20 Å². The molecule has 1 saturated heterocycles. The Hall–Kier alpha value is -2.67. The SMILES string of the molecule is COCc1ccccc1C(=O)N[C@@H]1CCCN(c2ncc[nH]c2=O)C1. The number of ether oxygens (including phenoxy) is 1. The molecule has 1 amide bonds. The molecule has 0 saturated carbocycles. The van der Waals surface area contributed by atoms with E-state index in [0.717, 1.165) is 24.9 Å². The maximum atomic E-state index is 12.6. The number of anilines is 1. The van der Waals surface area contributed by atoms with Crippen LogP contribution in [0.3, 0.4) is 0 Å². The highest BCUT2D eigenvalue weighted by molar-refractivity contribution is 5.95. The monoisotopic (exact) mass is 342 g/mol. The number of piperidine rings is 1. The molecule has 2 N–H and O–H groups in total. The van der Waals surface area contributed by atoms with Crippen molar-refractivity contribution in [3.63, 3.8) is 0 Å². The number of hydrogen-bond acceptors (Lipinski definition) is 5. The molecule has 0 spiro atoms. The number of rotatable bonds is 5. The lowest BCUT2D eigenvalue weighted by Gasteiger charge is -2.33. The second kappa shape index (κ2) is 7.94. The zero-order valence-corrected chi connectivity index (χ0v) is 14.2. The summed E-state index contributed by atoms with van der Waals surface area (Å²) in [7, 11) is 1.61. The van der Waals surface area contributed by atoms with Crippen LogP contribution in [0.5, 0.6) is 0 Å². The molecule has 0 bridgehead atoms. The summed E-state index contributed by atoms with van der Waals surface area (Å²) in [4.78, 5) is 33.3. The number of nitrogens with one attached hydrogen (secondary N) is 2. The van der Waals surface area contributed by atoms with Crippen molar-refractivity contribution >= 4 is 11.7 Å². The van der Waals surface area contributed by atoms with E-state index < -0.39 is 0 Å².